The second-order valence-corrected chi connectivity index (χ2v) is 9.43. The van der Waals surface area contributed by atoms with Crippen molar-refractivity contribution in [3.8, 4) is 5.75 Å². The van der Waals surface area contributed by atoms with E-state index in [2.05, 4.69) is 21.2 Å². The molecule has 0 saturated carbocycles. The van der Waals surface area contributed by atoms with Gasteiger partial charge in [-0.15, -0.1) is 0 Å². The fraction of sp³-hybridized carbons (Fsp3) is 0.357. The molecule has 3 aromatic rings. The molecule has 5 nitrogen and oxygen atoms in total. The zero-order valence-corrected chi connectivity index (χ0v) is 21.9. The number of carbonyl (C=O) groups is 2. The highest BCUT2D eigenvalue weighted by Gasteiger charge is 2.29. The lowest BCUT2D eigenvalue weighted by atomic mass is 10.1. The van der Waals surface area contributed by atoms with Gasteiger partial charge in [0.2, 0.25) is 5.91 Å². The van der Waals surface area contributed by atoms with Crippen LogP contribution < -0.4 is 10.1 Å². The third-order valence-electron chi connectivity index (χ3n) is 6.04. The lowest BCUT2D eigenvalue weighted by Gasteiger charge is -2.31. The molecule has 0 bridgehead atoms. The average Bonchev–Trinajstić information content (AvgIpc) is 2.84. The molecule has 0 radical (unpaired) electrons. The van der Waals surface area contributed by atoms with Gasteiger partial charge in [-0.05, 0) is 65.0 Å². The first kappa shape index (κ1) is 25.8. The Labute approximate surface area is 210 Å². The van der Waals surface area contributed by atoms with E-state index in [-0.39, 0.29) is 24.5 Å². The molecule has 6 heteroatoms. The molecule has 0 saturated heterocycles. The highest BCUT2D eigenvalue weighted by atomic mass is 79.9. The minimum atomic E-state index is -0.577. The van der Waals surface area contributed by atoms with Crippen molar-refractivity contribution in [1.82, 2.24) is 10.2 Å². The molecular weight excluding hydrogens is 492 g/mol. The van der Waals surface area contributed by atoms with Crippen LogP contribution in [0, 0.1) is 6.92 Å². The zero-order chi connectivity index (χ0) is 24.7. The minimum Gasteiger partial charge on any atom is -0.483 e. The lowest BCUT2D eigenvalue weighted by molar-refractivity contribution is -0.143. The summed E-state index contributed by atoms with van der Waals surface area (Å²) < 4.78 is 6.76. The van der Waals surface area contributed by atoms with Crippen LogP contribution in [-0.4, -0.2) is 35.4 Å². The molecule has 0 aromatic heterocycles. The Kier molecular flexibility index (Phi) is 9.11. The first-order chi connectivity index (χ1) is 16.3. The summed E-state index contributed by atoms with van der Waals surface area (Å²) >= 11 is 3.62. The number of aryl methyl sites for hydroxylation is 1. The number of ether oxygens (including phenoxy) is 1. The van der Waals surface area contributed by atoms with E-state index in [1.165, 1.54) is 0 Å². The van der Waals surface area contributed by atoms with Crippen LogP contribution in [0.3, 0.4) is 0 Å². The van der Waals surface area contributed by atoms with Gasteiger partial charge in [0.15, 0.2) is 6.61 Å². The van der Waals surface area contributed by atoms with Crippen molar-refractivity contribution < 1.29 is 14.3 Å². The molecule has 180 valence electrons. The van der Waals surface area contributed by atoms with Crippen molar-refractivity contribution >= 4 is 38.5 Å². The monoisotopic (exact) mass is 524 g/mol. The molecule has 0 aliphatic carbocycles. The molecule has 34 heavy (non-hydrogen) atoms. The summed E-state index contributed by atoms with van der Waals surface area (Å²) in [5, 5.41) is 5.13. The summed E-state index contributed by atoms with van der Waals surface area (Å²) in [7, 11) is 0. The summed E-state index contributed by atoms with van der Waals surface area (Å²) in [4.78, 5) is 28.1. The minimum absolute atomic E-state index is 0.0442. The smallest absolute Gasteiger partial charge is 0.261 e. The maximum Gasteiger partial charge on any atom is 0.261 e. The number of fused-ring (bicyclic) bond motifs is 1. The average molecular weight is 525 g/mol. The van der Waals surface area contributed by atoms with E-state index in [1.54, 1.807) is 4.90 Å². The number of benzene rings is 3. The lowest BCUT2D eigenvalue weighted by Crippen LogP contribution is -2.51. The molecule has 2 atom stereocenters. The summed E-state index contributed by atoms with van der Waals surface area (Å²) in [6.07, 6.45) is 1.34. The Morgan fingerprint density at radius 3 is 2.38 bits per heavy atom. The highest BCUT2D eigenvalue weighted by molar-refractivity contribution is 9.10. The molecule has 3 aromatic carbocycles. The maximum absolute atomic E-state index is 13.4. The number of carbonyl (C=O) groups excluding carboxylic acids is 2. The second kappa shape index (κ2) is 12.0. The van der Waals surface area contributed by atoms with Crippen LogP contribution in [0.15, 0.2) is 65.1 Å². The molecule has 0 unspecified atom stereocenters. The third-order valence-corrected chi connectivity index (χ3v) is 6.86. The predicted octanol–water partition coefficient (Wildman–Crippen LogP) is 6.01. The largest absolute Gasteiger partial charge is 0.483 e. The first-order valence-corrected chi connectivity index (χ1v) is 12.6. The number of nitrogens with zero attached hydrogens (tertiary/aromatic N) is 1. The fourth-order valence-corrected chi connectivity index (χ4v) is 4.41. The van der Waals surface area contributed by atoms with E-state index in [4.69, 9.17) is 4.74 Å². The van der Waals surface area contributed by atoms with Crippen LogP contribution in [0.25, 0.3) is 10.8 Å². The number of amides is 2. The van der Waals surface area contributed by atoms with Gasteiger partial charge in [-0.1, -0.05) is 74.0 Å². The number of halogens is 1. The normalized spacial score (nSPS) is 12.7. The zero-order valence-electron chi connectivity index (χ0n) is 20.3. The Hall–Kier alpha value is -2.86. The molecule has 3 rings (SSSR count). The molecule has 1 N–H and O–H groups in total. The molecule has 0 fully saturated rings. The maximum atomic E-state index is 13.4. The van der Waals surface area contributed by atoms with E-state index >= 15 is 0 Å². The van der Waals surface area contributed by atoms with Gasteiger partial charge in [0, 0.05) is 12.6 Å². The van der Waals surface area contributed by atoms with E-state index in [9.17, 15) is 9.59 Å². The quantitative estimate of drug-likeness (QED) is 0.353. The van der Waals surface area contributed by atoms with Gasteiger partial charge >= 0.3 is 0 Å². The topological polar surface area (TPSA) is 58.6 Å². The van der Waals surface area contributed by atoms with Crippen LogP contribution >= 0.6 is 15.9 Å². The Morgan fingerprint density at radius 2 is 1.71 bits per heavy atom. The van der Waals surface area contributed by atoms with Crippen LogP contribution in [0.1, 0.15) is 44.7 Å². The Balaban J connectivity index is 1.82. The molecule has 2 amide bonds. The van der Waals surface area contributed by atoms with Crippen molar-refractivity contribution in [1.29, 1.82) is 0 Å². The van der Waals surface area contributed by atoms with E-state index in [0.29, 0.717) is 18.7 Å². The molecule has 0 aliphatic rings. The van der Waals surface area contributed by atoms with Gasteiger partial charge in [0.1, 0.15) is 11.8 Å². The van der Waals surface area contributed by atoms with E-state index < -0.39 is 6.04 Å². The first-order valence-electron chi connectivity index (χ1n) is 11.8. The van der Waals surface area contributed by atoms with Crippen molar-refractivity contribution in [2.45, 2.75) is 59.2 Å². The van der Waals surface area contributed by atoms with Crippen LogP contribution in [0.2, 0.25) is 0 Å². The summed E-state index contributed by atoms with van der Waals surface area (Å²) in [5.41, 5.74) is 2.12. The van der Waals surface area contributed by atoms with Gasteiger partial charge in [-0.25, -0.2) is 0 Å². The van der Waals surface area contributed by atoms with Gasteiger partial charge in [0.25, 0.3) is 5.91 Å². The van der Waals surface area contributed by atoms with Gasteiger partial charge in [-0.2, -0.15) is 0 Å². The second-order valence-electron chi connectivity index (χ2n) is 8.64. The standard InChI is InChI=1S/C28H33BrN2O3/c1-5-20(4)30-28(33)24(6-2)31(17-21-13-11-19(3)12-14-21)26(32)18-34-25-16-15-22-9-7-8-10-23(22)27(25)29/h7-16,20,24H,5-6,17-18H2,1-4H3,(H,30,33)/t20-,24+/m0/s1. The van der Waals surface area contributed by atoms with E-state index in [0.717, 1.165) is 32.8 Å². The fourth-order valence-electron chi connectivity index (χ4n) is 3.80. The molecule has 0 aliphatic heterocycles. The van der Waals surface area contributed by atoms with Crippen molar-refractivity contribution in [3.05, 3.63) is 76.3 Å². The van der Waals surface area contributed by atoms with Gasteiger partial charge in [0.05, 0.1) is 4.47 Å². The highest BCUT2D eigenvalue weighted by Crippen LogP contribution is 2.33. The van der Waals surface area contributed by atoms with Crippen molar-refractivity contribution in [3.63, 3.8) is 0 Å². The number of hydrogen-bond donors (Lipinski definition) is 1. The van der Waals surface area contributed by atoms with Gasteiger partial charge < -0.3 is 15.0 Å². The Bertz CT molecular complexity index is 1130. The number of hydrogen-bond acceptors (Lipinski definition) is 3. The van der Waals surface area contributed by atoms with Gasteiger partial charge in [-0.3, -0.25) is 9.59 Å². The third kappa shape index (κ3) is 6.38. The molecule has 0 spiro atoms. The SMILES string of the molecule is CC[C@H](C(=O)N[C@@H](C)CC)N(Cc1ccc(C)cc1)C(=O)COc1ccc2ccccc2c1Br. The molecular formula is C28H33BrN2O3. The Morgan fingerprint density at radius 1 is 1.00 bits per heavy atom. The van der Waals surface area contributed by atoms with Crippen LogP contribution in [0.4, 0.5) is 0 Å². The van der Waals surface area contributed by atoms with Crippen molar-refractivity contribution in [2.24, 2.45) is 0 Å². The van der Waals surface area contributed by atoms with Crippen LogP contribution in [-0.2, 0) is 16.1 Å². The number of nitrogens with one attached hydrogen (secondary N) is 1. The van der Waals surface area contributed by atoms with E-state index in [1.807, 2.05) is 88.4 Å². The summed E-state index contributed by atoms with van der Waals surface area (Å²) in [6, 6.07) is 19.3. The van der Waals surface area contributed by atoms with Crippen molar-refractivity contribution in [2.75, 3.05) is 6.61 Å². The summed E-state index contributed by atoms with van der Waals surface area (Å²) in [6.45, 7) is 8.13. The van der Waals surface area contributed by atoms with Crippen LogP contribution in [0.5, 0.6) is 5.75 Å². The predicted molar refractivity (Wildman–Crippen MR) is 141 cm³/mol. The summed E-state index contributed by atoms with van der Waals surface area (Å²) in [5.74, 6) is 0.232. The molecule has 0 heterocycles. The number of rotatable bonds is 10.